The van der Waals surface area contributed by atoms with E-state index in [-0.39, 0.29) is 0 Å². The van der Waals surface area contributed by atoms with Gasteiger partial charge in [-0.15, -0.1) is 0 Å². The van der Waals surface area contributed by atoms with Crippen LogP contribution >= 0.6 is 11.6 Å². The van der Waals surface area contributed by atoms with Crippen molar-refractivity contribution >= 4 is 17.3 Å². The van der Waals surface area contributed by atoms with Crippen molar-refractivity contribution in [2.24, 2.45) is 0 Å². The summed E-state index contributed by atoms with van der Waals surface area (Å²) in [5.74, 6) is 0. The van der Waals surface area contributed by atoms with Crippen LogP contribution in [0.1, 0.15) is 39.7 Å². The first-order chi connectivity index (χ1) is 8.60. The Hall–Kier alpha value is -0.730. The van der Waals surface area contributed by atoms with Crippen LogP contribution in [0.2, 0.25) is 5.02 Å². The highest BCUT2D eigenvalue weighted by Crippen LogP contribution is 2.28. The highest BCUT2D eigenvalue weighted by atomic mass is 35.5. The van der Waals surface area contributed by atoms with Gasteiger partial charge in [0.1, 0.15) is 0 Å². The molecule has 1 aromatic rings. The molecule has 3 heteroatoms. The van der Waals surface area contributed by atoms with Gasteiger partial charge in [0.05, 0.1) is 10.7 Å². The number of halogens is 1. The summed E-state index contributed by atoms with van der Waals surface area (Å²) in [7, 11) is 0. The number of benzene rings is 1. The van der Waals surface area contributed by atoms with Crippen molar-refractivity contribution in [3.8, 4) is 0 Å². The first-order valence-electron chi connectivity index (χ1n) is 6.85. The smallest absolute Gasteiger partial charge is 0.0642 e. The fraction of sp³-hybridized carbons (Fsp3) is 0.600. The van der Waals surface area contributed by atoms with Gasteiger partial charge >= 0.3 is 0 Å². The van der Waals surface area contributed by atoms with Crippen molar-refractivity contribution in [1.82, 2.24) is 5.32 Å². The normalized spacial score (nSPS) is 11.0. The number of hydrogen-bond donors (Lipinski definition) is 1. The average molecular weight is 269 g/mol. The Morgan fingerprint density at radius 2 is 2.00 bits per heavy atom. The average Bonchev–Trinajstić information content (AvgIpc) is 2.32. The molecule has 0 aliphatic carbocycles. The van der Waals surface area contributed by atoms with Gasteiger partial charge in [-0.1, -0.05) is 24.6 Å². The Bertz CT molecular complexity index is 364. The van der Waals surface area contributed by atoms with E-state index in [2.05, 4.69) is 56.1 Å². The van der Waals surface area contributed by atoms with E-state index in [1.807, 2.05) is 0 Å². The summed E-state index contributed by atoms with van der Waals surface area (Å²) in [6.07, 6.45) is 1.16. The summed E-state index contributed by atoms with van der Waals surface area (Å²) in [6, 6.07) is 6.84. The van der Waals surface area contributed by atoms with Gasteiger partial charge in [-0.3, -0.25) is 0 Å². The zero-order chi connectivity index (χ0) is 13.5. The molecule has 0 unspecified atom stereocenters. The van der Waals surface area contributed by atoms with Gasteiger partial charge in [-0.05, 0) is 51.4 Å². The Morgan fingerprint density at radius 1 is 1.28 bits per heavy atom. The number of nitrogens with one attached hydrogen (secondary N) is 1. The predicted octanol–water partition coefficient (Wildman–Crippen LogP) is 4.07. The lowest BCUT2D eigenvalue weighted by Gasteiger charge is -2.28. The SMILES string of the molecule is CCCNCc1ccc(N(CC)C(C)C)c(Cl)c1. The molecular weight excluding hydrogens is 244 g/mol. The molecule has 0 fully saturated rings. The van der Waals surface area contributed by atoms with Gasteiger partial charge in [-0.2, -0.15) is 0 Å². The van der Waals surface area contributed by atoms with Gasteiger partial charge in [0.25, 0.3) is 0 Å². The third-order valence-electron chi connectivity index (χ3n) is 3.04. The molecular formula is C15H25ClN2. The summed E-state index contributed by atoms with van der Waals surface area (Å²) in [6.45, 7) is 11.6. The molecule has 0 radical (unpaired) electrons. The molecule has 102 valence electrons. The first kappa shape index (κ1) is 15.3. The van der Waals surface area contributed by atoms with Crippen LogP contribution in [0, 0.1) is 0 Å². The minimum Gasteiger partial charge on any atom is -0.368 e. The zero-order valence-corrected chi connectivity index (χ0v) is 12.7. The molecule has 0 spiro atoms. The Kier molecular flexibility index (Phi) is 6.51. The molecule has 0 bridgehead atoms. The Labute approximate surface area is 116 Å². The maximum atomic E-state index is 6.39. The monoisotopic (exact) mass is 268 g/mol. The summed E-state index contributed by atoms with van der Waals surface area (Å²) >= 11 is 6.39. The van der Waals surface area contributed by atoms with Crippen LogP contribution in [0.5, 0.6) is 0 Å². The molecule has 0 heterocycles. The molecule has 0 aliphatic rings. The molecule has 1 rings (SSSR count). The molecule has 0 aliphatic heterocycles. The second kappa shape index (κ2) is 7.65. The van der Waals surface area contributed by atoms with Crippen LogP contribution in [0.25, 0.3) is 0 Å². The van der Waals surface area contributed by atoms with E-state index in [1.54, 1.807) is 0 Å². The first-order valence-corrected chi connectivity index (χ1v) is 7.23. The number of anilines is 1. The van der Waals surface area contributed by atoms with Crippen molar-refractivity contribution in [1.29, 1.82) is 0 Å². The van der Waals surface area contributed by atoms with Gasteiger partial charge in [0, 0.05) is 19.1 Å². The lowest BCUT2D eigenvalue weighted by molar-refractivity contribution is 0.674. The molecule has 1 aromatic carbocycles. The zero-order valence-electron chi connectivity index (χ0n) is 12.0. The highest BCUT2D eigenvalue weighted by molar-refractivity contribution is 6.33. The van der Waals surface area contributed by atoms with Crippen LogP contribution in [0.3, 0.4) is 0 Å². The predicted molar refractivity (Wildman–Crippen MR) is 81.6 cm³/mol. The number of nitrogens with zero attached hydrogens (tertiary/aromatic N) is 1. The molecule has 1 N–H and O–H groups in total. The minimum absolute atomic E-state index is 0.469. The van der Waals surface area contributed by atoms with Crippen LogP contribution in [0.15, 0.2) is 18.2 Å². The fourth-order valence-corrected chi connectivity index (χ4v) is 2.43. The molecule has 0 saturated heterocycles. The van der Waals surface area contributed by atoms with E-state index < -0.39 is 0 Å². The highest BCUT2D eigenvalue weighted by Gasteiger charge is 2.12. The van der Waals surface area contributed by atoms with Crippen LogP contribution in [-0.2, 0) is 6.54 Å². The maximum absolute atomic E-state index is 6.39. The summed E-state index contributed by atoms with van der Waals surface area (Å²) in [5, 5.41) is 4.24. The van der Waals surface area contributed by atoms with E-state index in [4.69, 9.17) is 11.6 Å². The third-order valence-corrected chi connectivity index (χ3v) is 3.34. The van der Waals surface area contributed by atoms with Crippen molar-refractivity contribution in [2.45, 2.75) is 46.7 Å². The molecule has 2 nitrogen and oxygen atoms in total. The standard InChI is InChI=1S/C15H25ClN2/c1-5-9-17-11-13-7-8-15(14(16)10-13)18(6-2)12(3)4/h7-8,10,12,17H,5-6,9,11H2,1-4H3. The van der Waals surface area contributed by atoms with E-state index in [9.17, 15) is 0 Å². The van der Waals surface area contributed by atoms with Crippen LogP contribution in [0.4, 0.5) is 5.69 Å². The molecule has 0 atom stereocenters. The van der Waals surface area contributed by atoms with Crippen LogP contribution < -0.4 is 10.2 Å². The third kappa shape index (κ3) is 4.18. The molecule has 0 aromatic heterocycles. The molecule has 18 heavy (non-hydrogen) atoms. The number of rotatable bonds is 7. The van der Waals surface area contributed by atoms with Gasteiger partial charge in [0.15, 0.2) is 0 Å². The van der Waals surface area contributed by atoms with E-state index in [1.165, 1.54) is 5.56 Å². The topological polar surface area (TPSA) is 15.3 Å². The lowest BCUT2D eigenvalue weighted by atomic mass is 10.1. The van der Waals surface area contributed by atoms with E-state index >= 15 is 0 Å². The van der Waals surface area contributed by atoms with E-state index in [0.29, 0.717) is 6.04 Å². The summed E-state index contributed by atoms with van der Waals surface area (Å²) in [4.78, 5) is 2.31. The summed E-state index contributed by atoms with van der Waals surface area (Å²) in [5.41, 5.74) is 2.38. The Morgan fingerprint density at radius 3 is 2.50 bits per heavy atom. The second-order valence-electron chi connectivity index (χ2n) is 4.84. The van der Waals surface area contributed by atoms with Crippen molar-refractivity contribution in [2.75, 3.05) is 18.0 Å². The molecule has 0 saturated carbocycles. The largest absolute Gasteiger partial charge is 0.368 e. The van der Waals surface area contributed by atoms with Crippen molar-refractivity contribution in [3.05, 3.63) is 28.8 Å². The van der Waals surface area contributed by atoms with Gasteiger partial charge in [-0.25, -0.2) is 0 Å². The van der Waals surface area contributed by atoms with Crippen molar-refractivity contribution in [3.63, 3.8) is 0 Å². The Balaban J connectivity index is 2.78. The minimum atomic E-state index is 0.469. The van der Waals surface area contributed by atoms with Crippen molar-refractivity contribution < 1.29 is 0 Å². The number of hydrogen-bond acceptors (Lipinski definition) is 2. The quantitative estimate of drug-likeness (QED) is 0.750. The maximum Gasteiger partial charge on any atom is 0.0642 e. The summed E-state index contributed by atoms with van der Waals surface area (Å²) < 4.78 is 0. The van der Waals surface area contributed by atoms with Gasteiger partial charge < -0.3 is 10.2 Å². The lowest BCUT2D eigenvalue weighted by Crippen LogP contribution is -2.30. The second-order valence-corrected chi connectivity index (χ2v) is 5.25. The van der Waals surface area contributed by atoms with Gasteiger partial charge in [0.2, 0.25) is 0 Å². The van der Waals surface area contributed by atoms with E-state index in [0.717, 1.165) is 36.8 Å². The molecule has 0 amide bonds. The fourth-order valence-electron chi connectivity index (χ4n) is 2.12. The van der Waals surface area contributed by atoms with Crippen LogP contribution in [-0.4, -0.2) is 19.1 Å².